The van der Waals surface area contributed by atoms with Gasteiger partial charge in [-0.05, 0) is 73.3 Å². The van der Waals surface area contributed by atoms with Crippen LogP contribution < -0.4 is 10.1 Å². The number of halogens is 1. The first kappa shape index (κ1) is 16.8. The van der Waals surface area contributed by atoms with Crippen LogP contribution in [0.2, 0.25) is 0 Å². The minimum atomic E-state index is 0.252. The van der Waals surface area contributed by atoms with Gasteiger partial charge in [0.2, 0.25) is 0 Å². The van der Waals surface area contributed by atoms with Crippen LogP contribution in [0, 0.1) is 0 Å². The maximum Gasteiger partial charge on any atom is 0.133 e. The topological polar surface area (TPSA) is 30.5 Å². The lowest BCUT2D eigenvalue weighted by Crippen LogP contribution is -2.32. The summed E-state index contributed by atoms with van der Waals surface area (Å²) < 4.78 is 12.7. The highest BCUT2D eigenvalue weighted by molar-refractivity contribution is 9.10. The molecule has 1 N–H and O–H groups in total. The van der Waals surface area contributed by atoms with Gasteiger partial charge in [0.05, 0.1) is 29.3 Å². The quantitative estimate of drug-likeness (QED) is 0.783. The molecule has 1 heterocycles. The van der Waals surface area contributed by atoms with Crippen molar-refractivity contribution < 1.29 is 9.47 Å². The fraction of sp³-hybridized carbons (Fsp3) is 0.647. The van der Waals surface area contributed by atoms with Gasteiger partial charge in [0.15, 0.2) is 0 Å². The predicted octanol–water partition coefficient (Wildman–Crippen LogP) is 4.46. The lowest BCUT2D eigenvalue weighted by Gasteiger charge is -2.26. The standard InChI is InChI=1S/C17H26BrNO2/c1-4-10-19-17(16-8-6-12(3)21-16)13-7-9-15(20-5-2)14(18)11-13/h7,9,11-12,16-17,19H,4-6,8,10H2,1-3H3. The molecule has 2 rings (SSSR count). The summed E-state index contributed by atoms with van der Waals surface area (Å²) in [6.07, 6.45) is 4.01. The summed E-state index contributed by atoms with van der Waals surface area (Å²) in [7, 11) is 0. The van der Waals surface area contributed by atoms with Gasteiger partial charge >= 0.3 is 0 Å². The van der Waals surface area contributed by atoms with Crippen LogP contribution in [-0.4, -0.2) is 25.4 Å². The Labute approximate surface area is 136 Å². The fourth-order valence-corrected chi connectivity index (χ4v) is 3.34. The first-order chi connectivity index (χ1) is 10.2. The largest absolute Gasteiger partial charge is 0.493 e. The van der Waals surface area contributed by atoms with Crippen LogP contribution in [0.4, 0.5) is 0 Å². The van der Waals surface area contributed by atoms with Gasteiger partial charge in [0.1, 0.15) is 5.75 Å². The van der Waals surface area contributed by atoms with E-state index >= 15 is 0 Å². The summed E-state index contributed by atoms with van der Waals surface area (Å²) in [5.41, 5.74) is 1.26. The molecule has 1 aromatic rings. The van der Waals surface area contributed by atoms with Crippen LogP contribution in [0.3, 0.4) is 0 Å². The summed E-state index contributed by atoms with van der Waals surface area (Å²) in [6, 6.07) is 6.60. The molecule has 1 fully saturated rings. The Morgan fingerprint density at radius 1 is 1.38 bits per heavy atom. The summed E-state index contributed by atoms with van der Waals surface area (Å²) in [6.45, 7) is 8.03. The van der Waals surface area contributed by atoms with Gasteiger partial charge in [-0.2, -0.15) is 0 Å². The van der Waals surface area contributed by atoms with Crippen molar-refractivity contribution in [1.82, 2.24) is 5.32 Å². The average Bonchev–Trinajstić information content (AvgIpc) is 2.89. The Morgan fingerprint density at radius 2 is 2.19 bits per heavy atom. The van der Waals surface area contributed by atoms with E-state index in [-0.39, 0.29) is 12.1 Å². The lowest BCUT2D eigenvalue weighted by atomic mass is 9.99. The molecule has 1 aromatic carbocycles. The Morgan fingerprint density at radius 3 is 2.76 bits per heavy atom. The Bertz CT molecular complexity index is 452. The second-order valence-electron chi connectivity index (χ2n) is 5.62. The second-order valence-corrected chi connectivity index (χ2v) is 6.47. The summed E-state index contributed by atoms with van der Waals surface area (Å²) in [5, 5.41) is 3.64. The normalized spacial score (nSPS) is 23.2. The van der Waals surface area contributed by atoms with Crippen LogP contribution in [-0.2, 0) is 4.74 Å². The summed E-state index contributed by atoms with van der Waals surface area (Å²) in [5.74, 6) is 0.899. The van der Waals surface area contributed by atoms with Crippen molar-refractivity contribution in [1.29, 1.82) is 0 Å². The van der Waals surface area contributed by atoms with Crippen molar-refractivity contribution in [3.8, 4) is 5.75 Å². The summed E-state index contributed by atoms with van der Waals surface area (Å²) >= 11 is 3.61. The Kier molecular flexibility index (Phi) is 6.52. The smallest absolute Gasteiger partial charge is 0.133 e. The number of rotatable bonds is 7. The van der Waals surface area contributed by atoms with Crippen LogP contribution in [0.1, 0.15) is 51.6 Å². The molecule has 0 amide bonds. The highest BCUT2D eigenvalue weighted by atomic mass is 79.9. The van der Waals surface area contributed by atoms with E-state index in [0.717, 1.165) is 36.0 Å². The van der Waals surface area contributed by atoms with Crippen molar-refractivity contribution in [2.75, 3.05) is 13.2 Å². The molecule has 0 saturated carbocycles. The van der Waals surface area contributed by atoms with E-state index in [9.17, 15) is 0 Å². The van der Waals surface area contributed by atoms with E-state index in [0.29, 0.717) is 12.7 Å². The zero-order valence-corrected chi connectivity index (χ0v) is 14.8. The fourth-order valence-electron chi connectivity index (χ4n) is 2.83. The van der Waals surface area contributed by atoms with Crippen LogP contribution in [0.15, 0.2) is 22.7 Å². The molecule has 1 aliphatic heterocycles. The van der Waals surface area contributed by atoms with E-state index < -0.39 is 0 Å². The molecule has 0 aromatic heterocycles. The number of hydrogen-bond donors (Lipinski definition) is 1. The van der Waals surface area contributed by atoms with Gasteiger partial charge in [0, 0.05) is 0 Å². The molecule has 4 heteroatoms. The average molecular weight is 356 g/mol. The van der Waals surface area contributed by atoms with Crippen molar-refractivity contribution in [3.05, 3.63) is 28.2 Å². The molecule has 3 nitrogen and oxygen atoms in total. The maximum atomic E-state index is 6.08. The predicted molar refractivity (Wildman–Crippen MR) is 89.9 cm³/mol. The minimum absolute atomic E-state index is 0.252. The van der Waals surface area contributed by atoms with Gasteiger partial charge in [-0.15, -0.1) is 0 Å². The van der Waals surface area contributed by atoms with Crippen LogP contribution >= 0.6 is 15.9 Å². The van der Waals surface area contributed by atoms with Gasteiger partial charge in [-0.3, -0.25) is 0 Å². The Hall–Kier alpha value is -0.580. The number of nitrogens with one attached hydrogen (secondary N) is 1. The SMILES string of the molecule is CCCNC(c1ccc(OCC)c(Br)c1)C1CCC(C)O1. The number of hydrogen-bond acceptors (Lipinski definition) is 3. The molecule has 118 valence electrons. The number of benzene rings is 1. The third kappa shape index (κ3) is 4.44. The highest BCUT2D eigenvalue weighted by Gasteiger charge is 2.30. The zero-order valence-electron chi connectivity index (χ0n) is 13.2. The molecular formula is C17H26BrNO2. The minimum Gasteiger partial charge on any atom is -0.493 e. The molecule has 0 bridgehead atoms. The number of ether oxygens (including phenoxy) is 2. The maximum absolute atomic E-state index is 6.08. The summed E-state index contributed by atoms with van der Waals surface area (Å²) in [4.78, 5) is 0. The molecule has 0 spiro atoms. The third-order valence-electron chi connectivity index (χ3n) is 3.87. The van der Waals surface area contributed by atoms with Gasteiger partial charge in [-0.25, -0.2) is 0 Å². The van der Waals surface area contributed by atoms with Gasteiger partial charge in [0.25, 0.3) is 0 Å². The zero-order chi connectivity index (χ0) is 15.2. The molecule has 0 radical (unpaired) electrons. The van der Waals surface area contributed by atoms with Crippen LogP contribution in [0.5, 0.6) is 5.75 Å². The van der Waals surface area contributed by atoms with E-state index in [2.05, 4.69) is 47.2 Å². The van der Waals surface area contributed by atoms with Crippen molar-refractivity contribution in [2.45, 2.75) is 58.3 Å². The van der Waals surface area contributed by atoms with E-state index in [1.54, 1.807) is 0 Å². The first-order valence-electron chi connectivity index (χ1n) is 7.96. The van der Waals surface area contributed by atoms with Crippen molar-refractivity contribution in [3.63, 3.8) is 0 Å². The lowest BCUT2D eigenvalue weighted by molar-refractivity contribution is 0.0316. The third-order valence-corrected chi connectivity index (χ3v) is 4.49. The molecule has 3 atom stereocenters. The molecule has 3 unspecified atom stereocenters. The van der Waals surface area contributed by atoms with E-state index in [1.165, 1.54) is 5.56 Å². The van der Waals surface area contributed by atoms with Gasteiger partial charge < -0.3 is 14.8 Å². The molecular weight excluding hydrogens is 330 g/mol. The van der Waals surface area contributed by atoms with Crippen molar-refractivity contribution >= 4 is 15.9 Å². The van der Waals surface area contributed by atoms with E-state index in [4.69, 9.17) is 9.47 Å². The van der Waals surface area contributed by atoms with Crippen LogP contribution in [0.25, 0.3) is 0 Å². The Balaban J connectivity index is 2.17. The molecule has 1 aliphatic rings. The first-order valence-corrected chi connectivity index (χ1v) is 8.76. The van der Waals surface area contributed by atoms with Gasteiger partial charge in [-0.1, -0.05) is 13.0 Å². The molecule has 0 aliphatic carbocycles. The van der Waals surface area contributed by atoms with E-state index in [1.807, 2.05) is 13.0 Å². The monoisotopic (exact) mass is 355 g/mol. The molecule has 21 heavy (non-hydrogen) atoms. The second kappa shape index (κ2) is 8.16. The van der Waals surface area contributed by atoms with Crippen molar-refractivity contribution in [2.24, 2.45) is 0 Å². The highest BCUT2D eigenvalue weighted by Crippen LogP contribution is 2.34. The molecule has 1 saturated heterocycles.